The number of carbonyl (C=O) groups excluding carboxylic acids is 2. The second-order valence-electron chi connectivity index (χ2n) is 8.58. The molecule has 3 aromatic rings. The predicted octanol–water partition coefficient (Wildman–Crippen LogP) is 3.55. The van der Waals surface area contributed by atoms with Crippen LogP contribution in [-0.2, 0) is 14.3 Å². The number of hydrogen-bond donors (Lipinski definition) is 2. The SMILES string of the molecule is C=CC(=O)Nc1cc(Nc2nccc(N(C=O)c3ccccc3N(C)C)n2)c(OC)cc1N1CCOCC1. The number of para-hydroxylation sites is 2. The fourth-order valence-corrected chi connectivity index (χ4v) is 4.13. The van der Waals surface area contributed by atoms with Crippen LogP contribution in [-0.4, -0.2) is 69.8 Å². The average Bonchev–Trinajstić information content (AvgIpc) is 2.94. The van der Waals surface area contributed by atoms with Crippen LogP contribution in [0.5, 0.6) is 5.75 Å². The first-order chi connectivity index (χ1) is 18.4. The fraction of sp³-hybridized carbons (Fsp3) is 0.259. The first-order valence-electron chi connectivity index (χ1n) is 12.0. The van der Waals surface area contributed by atoms with Crippen molar-refractivity contribution in [2.24, 2.45) is 0 Å². The quantitative estimate of drug-likeness (QED) is 0.308. The summed E-state index contributed by atoms with van der Waals surface area (Å²) in [6, 6.07) is 12.8. The Balaban J connectivity index is 1.70. The molecule has 1 aromatic heterocycles. The molecule has 0 unspecified atom stereocenters. The van der Waals surface area contributed by atoms with Gasteiger partial charge in [0.15, 0.2) is 0 Å². The molecule has 4 rings (SSSR count). The van der Waals surface area contributed by atoms with E-state index in [1.54, 1.807) is 25.4 Å². The lowest BCUT2D eigenvalue weighted by molar-refractivity contribution is -0.112. The fourth-order valence-electron chi connectivity index (χ4n) is 4.13. The number of ether oxygens (including phenoxy) is 2. The summed E-state index contributed by atoms with van der Waals surface area (Å²) < 4.78 is 11.1. The molecule has 198 valence electrons. The second-order valence-corrected chi connectivity index (χ2v) is 8.58. The normalized spacial score (nSPS) is 12.9. The highest BCUT2D eigenvalue weighted by Gasteiger charge is 2.21. The molecule has 11 heteroatoms. The number of amides is 2. The molecule has 1 aliphatic heterocycles. The smallest absolute Gasteiger partial charge is 0.247 e. The van der Waals surface area contributed by atoms with Gasteiger partial charge in [0.05, 0.1) is 48.8 Å². The zero-order valence-corrected chi connectivity index (χ0v) is 21.7. The molecule has 1 fully saturated rings. The number of hydrogen-bond acceptors (Lipinski definition) is 9. The number of morpholine rings is 1. The van der Waals surface area contributed by atoms with Crippen molar-refractivity contribution >= 4 is 52.5 Å². The van der Waals surface area contributed by atoms with Crippen LogP contribution in [0.25, 0.3) is 0 Å². The van der Waals surface area contributed by atoms with Crippen LogP contribution in [0.3, 0.4) is 0 Å². The highest BCUT2D eigenvalue weighted by Crippen LogP contribution is 2.39. The maximum absolute atomic E-state index is 12.2. The molecule has 1 saturated heterocycles. The Kier molecular flexibility index (Phi) is 8.39. The molecule has 11 nitrogen and oxygen atoms in total. The maximum atomic E-state index is 12.2. The van der Waals surface area contributed by atoms with Crippen LogP contribution in [0.1, 0.15) is 0 Å². The van der Waals surface area contributed by atoms with Gasteiger partial charge >= 0.3 is 0 Å². The van der Waals surface area contributed by atoms with E-state index in [-0.39, 0.29) is 11.9 Å². The summed E-state index contributed by atoms with van der Waals surface area (Å²) in [6.45, 7) is 6.08. The van der Waals surface area contributed by atoms with Gasteiger partial charge in [-0.25, -0.2) is 4.98 Å². The Labute approximate surface area is 221 Å². The third-order valence-corrected chi connectivity index (χ3v) is 5.98. The number of benzene rings is 2. The van der Waals surface area contributed by atoms with Crippen LogP contribution in [0, 0.1) is 0 Å². The molecule has 2 amide bonds. The summed E-state index contributed by atoms with van der Waals surface area (Å²) >= 11 is 0. The minimum absolute atomic E-state index is 0.245. The van der Waals surface area contributed by atoms with E-state index in [1.807, 2.05) is 49.3 Å². The predicted molar refractivity (Wildman–Crippen MR) is 149 cm³/mol. The number of aromatic nitrogens is 2. The van der Waals surface area contributed by atoms with E-state index in [2.05, 4.69) is 32.1 Å². The summed E-state index contributed by atoms with van der Waals surface area (Å²) in [4.78, 5) is 38.8. The Morgan fingerprint density at radius 1 is 1.13 bits per heavy atom. The maximum Gasteiger partial charge on any atom is 0.247 e. The van der Waals surface area contributed by atoms with Crippen molar-refractivity contribution in [2.45, 2.75) is 0 Å². The Morgan fingerprint density at radius 3 is 2.53 bits per heavy atom. The van der Waals surface area contributed by atoms with Gasteiger partial charge in [-0.1, -0.05) is 18.7 Å². The van der Waals surface area contributed by atoms with E-state index in [0.29, 0.717) is 54.9 Å². The van der Waals surface area contributed by atoms with Crippen molar-refractivity contribution in [3.63, 3.8) is 0 Å². The Hall–Kier alpha value is -4.64. The molecule has 0 radical (unpaired) electrons. The number of rotatable bonds is 10. The monoisotopic (exact) mass is 517 g/mol. The zero-order chi connectivity index (χ0) is 27.1. The van der Waals surface area contributed by atoms with Crippen molar-refractivity contribution < 1.29 is 19.1 Å². The minimum Gasteiger partial charge on any atom is -0.494 e. The van der Waals surface area contributed by atoms with Gasteiger partial charge in [0.1, 0.15) is 11.6 Å². The van der Waals surface area contributed by atoms with Crippen LogP contribution < -0.4 is 30.1 Å². The lowest BCUT2D eigenvalue weighted by Gasteiger charge is -2.31. The molecule has 2 heterocycles. The highest BCUT2D eigenvalue weighted by molar-refractivity contribution is 6.02. The van der Waals surface area contributed by atoms with Gasteiger partial charge < -0.3 is 29.9 Å². The van der Waals surface area contributed by atoms with Crippen LogP contribution in [0.15, 0.2) is 61.3 Å². The summed E-state index contributed by atoms with van der Waals surface area (Å²) in [5.41, 5.74) is 3.45. The first-order valence-corrected chi connectivity index (χ1v) is 12.0. The summed E-state index contributed by atoms with van der Waals surface area (Å²) in [5, 5.41) is 6.05. The van der Waals surface area contributed by atoms with E-state index in [1.165, 1.54) is 11.0 Å². The number of anilines is 7. The number of methoxy groups -OCH3 is 1. The molecule has 0 aliphatic carbocycles. The van der Waals surface area contributed by atoms with Gasteiger partial charge in [0.2, 0.25) is 18.3 Å². The minimum atomic E-state index is -0.338. The first kappa shape index (κ1) is 26.4. The number of nitrogens with one attached hydrogen (secondary N) is 2. The molecular formula is C27H31N7O4. The average molecular weight is 518 g/mol. The Bertz CT molecular complexity index is 1310. The second kappa shape index (κ2) is 12.1. The summed E-state index contributed by atoms with van der Waals surface area (Å²) in [5.74, 6) is 0.823. The molecule has 2 N–H and O–H groups in total. The molecule has 0 saturated carbocycles. The molecule has 1 aliphatic rings. The molecule has 0 atom stereocenters. The van der Waals surface area contributed by atoms with Gasteiger partial charge in [-0.3, -0.25) is 14.5 Å². The van der Waals surface area contributed by atoms with Gasteiger partial charge in [0.25, 0.3) is 0 Å². The van der Waals surface area contributed by atoms with Crippen molar-refractivity contribution in [1.82, 2.24) is 9.97 Å². The van der Waals surface area contributed by atoms with E-state index in [9.17, 15) is 9.59 Å². The van der Waals surface area contributed by atoms with Crippen LogP contribution in [0.2, 0.25) is 0 Å². The zero-order valence-electron chi connectivity index (χ0n) is 21.7. The van der Waals surface area contributed by atoms with Crippen molar-refractivity contribution in [3.8, 4) is 5.75 Å². The van der Waals surface area contributed by atoms with Crippen molar-refractivity contribution in [2.75, 3.05) is 72.8 Å². The van der Waals surface area contributed by atoms with Crippen molar-refractivity contribution in [1.29, 1.82) is 0 Å². The van der Waals surface area contributed by atoms with Gasteiger partial charge in [-0.2, -0.15) is 4.98 Å². The molecule has 0 spiro atoms. The molecular weight excluding hydrogens is 486 g/mol. The lowest BCUT2D eigenvalue weighted by atomic mass is 10.1. The van der Waals surface area contributed by atoms with E-state index in [0.717, 1.165) is 17.8 Å². The Morgan fingerprint density at radius 2 is 1.87 bits per heavy atom. The largest absolute Gasteiger partial charge is 0.494 e. The van der Waals surface area contributed by atoms with Gasteiger partial charge in [0, 0.05) is 39.4 Å². The van der Waals surface area contributed by atoms with Crippen LogP contribution >= 0.6 is 0 Å². The number of carbonyl (C=O) groups is 2. The van der Waals surface area contributed by atoms with E-state index < -0.39 is 0 Å². The third kappa shape index (κ3) is 5.84. The summed E-state index contributed by atoms with van der Waals surface area (Å²) in [6.07, 6.45) is 3.50. The number of nitrogens with zero attached hydrogens (tertiary/aromatic N) is 5. The standard InChI is InChI=1S/C27H31N7O4/c1-5-26(36)29-19-16-20(24(37-4)17-23(19)33-12-14-38-15-13-33)30-27-28-11-10-25(31-27)34(18-35)22-9-7-6-8-21(22)32(2)3/h5-11,16-18H,1,12-15H2,2-4H3,(H,29,36)(H,28,30,31). The summed E-state index contributed by atoms with van der Waals surface area (Å²) in [7, 11) is 5.38. The lowest BCUT2D eigenvalue weighted by Crippen LogP contribution is -2.36. The van der Waals surface area contributed by atoms with Crippen LogP contribution in [0.4, 0.5) is 40.2 Å². The topological polar surface area (TPSA) is 112 Å². The third-order valence-electron chi connectivity index (χ3n) is 5.98. The molecule has 0 bridgehead atoms. The molecule has 2 aromatic carbocycles. The van der Waals surface area contributed by atoms with E-state index in [4.69, 9.17) is 9.47 Å². The highest BCUT2D eigenvalue weighted by atomic mass is 16.5. The van der Waals surface area contributed by atoms with Gasteiger partial charge in [-0.05, 0) is 30.3 Å². The van der Waals surface area contributed by atoms with Gasteiger partial charge in [-0.15, -0.1) is 0 Å². The van der Waals surface area contributed by atoms with Crippen molar-refractivity contribution in [3.05, 3.63) is 61.3 Å². The molecule has 38 heavy (non-hydrogen) atoms. The van der Waals surface area contributed by atoms with E-state index >= 15 is 0 Å².